The van der Waals surface area contributed by atoms with Crippen molar-refractivity contribution in [2.45, 2.75) is 26.2 Å². The van der Waals surface area contributed by atoms with Crippen LogP contribution >= 0.6 is 11.3 Å². The topological polar surface area (TPSA) is 51.5 Å². The highest BCUT2D eigenvalue weighted by molar-refractivity contribution is 7.14. The Bertz CT molecular complexity index is 1200. The second-order valence-electron chi connectivity index (χ2n) is 7.51. The van der Waals surface area contributed by atoms with Crippen LogP contribution in [0.3, 0.4) is 0 Å². The number of carbonyl (C=O) groups excluding carboxylic acids is 1. The molecule has 0 saturated carbocycles. The molecule has 5 rings (SSSR count). The highest BCUT2D eigenvalue weighted by Crippen LogP contribution is 2.37. The number of furan rings is 1. The quantitative estimate of drug-likeness (QED) is 0.464. The number of hydrogen-bond donors (Lipinski definition) is 1. The Kier molecular flexibility index (Phi) is 4.13. The molecule has 4 aromatic rings. The van der Waals surface area contributed by atoms with Crippen LogP contribution in [0.2, 0.25) is 0 Å². The maximum Gasteiger partial charge on any atom is 0.265 e. The van der Waals surface area contributed by atoms with Crippen molar-refractivity contribution in [1.29, 1.82) is 0 Å². The Balaban J connectivity index is 1.50. The smallest absolute Gasteiger partial charge is 0.265 e. The zero-order valence-corrected chi connectivity index (χ0v) is 16.7. The fourth-order valence-electron chi connectivity index (χ4n) is 4.02. The lowest BCUT2D eigenvalue weighted by Gasteiger charge is -2.16. The lowest BCUT2D eigenvalue weighted by Crippen LogP contribution is -2.11. The standard InChI is InChI=1S/C23H21NO3S/c1-13-7-8-21-14(9-13)10-22(28-21)23(25)24-17-12-19-16(11-20(17)26-2)15-5-3-4-6-18(15)27-19/h3-6,10-13H,7-9H2,1-2H3,(H,24,25)/t13-/m1/s1. The summed E-state index contributed by atoms with van der Waals surface area (Å²) in [5, 5.41) is 5.03. The second-order valence-corrected chi connectivity index (χ2v) is 8.64. The Morgan fingerprint density at radius 2 is 2.04 bits per heavy atom. The van der Waals surface area contributed by atoms with Gasteiger partial charge in [-0.05, 0) is 48.9 Å². The van der Waals surface area contributed by atoms with Gasteiger partial charge in [0.25, 0.3) is 5.91 Å². The van der Waals surface area contributed by atoms with Crippen LogP contribution in [0.1, 0.15) is 33.5 Å². The first-order valence-corrected chi connectivity index (χ1v) is 10.4. The Morgan fingerprint density at radius 1 is 1.18 bits per heavy atom. The second kappa shape index (κ2) is 6.67. The minimum atomic E-state index is -0.0965. The summed E-state index contributed by atoms with van der Waals surface area (Å²) in [4.78, 5) is 15.0. The average Bonchev–Trinajstić information content (AvgIpc) is 3.27. The fourth-order valence-corrected chi connectivity index (χ4v) is 5.12. The number of amides is 1. The Morgan fingerprint density at radius 3 is 2.89 bits per heavy atom. The molecular formula is C23H21NO3S. The average molecular weight is 391 g/mol. The van der Waals surface area contributed by atoms with Crippen molar-refractivity contribution in [2.75, 3.05) is 12.4 Å². The molecule has 2 aromatic heterocycles. The van der Waals surface area contributed by atoms with Gasteiger partial charge in [0.05, 0.1) is 17.7 Å². The molecule has 0 saturated heterocycles. The van der Waals surface area contributed by atoms with E-state index in [9.17, 15) is 4.79 Å². The number of methoxy groups -OCH3 is 1. The van der Waals surface area contributed by atoms with E-state index in [1.54, 1.807) is 18.4 Å². The molecule has 28 heavy (non-hydrogen) atoms. The number of ether oxygens (including phenoxy) is 1. The van der Waals surface area contributed by atoms with Crippen molar-refractivity contribution in [1.82, 2.24) is 0 Å². The number of rotatable bonds is 3. The molecule has 0 spiro atoms. The normalized spacial score (nSPS) is 16.3. The first-order chi connectivity index (χ1) is 13.6. The third-order valence-electron chi connectivity index (χ3n) is 5.50. The lowest BCUT2D eigenvalue weighted by molar-refractivity contribution is 0.103. The Labute approximate surface area is 167 Å². The summed E-state index contributed by atoms with van der Waals surface area (Å²) in [6.07, 6.45) is 3.33. The van der Waals surface area contributed by atoms with Gasteiger partial charge in [-0.15, -0.1) is 11.3 Å². The molecule has 1 amide bonds. The SMILES string of the molecule is COc1cc2c(cc1NC(=O)c1cc3c(s1)CC[C@@H](C)C3)oc1ccccc12. The van der Waals surface area contributed by atoms with Crippen LogP contribution < -0.4 is 10.1 Å². The zero-order valence-electron chi connectivity index (χ0n) is 15.9. The van der Waals surface area contributed by atoms with E-state index in [-0.39, 0.29) is 5.91 Å². The molecule has 5 heteroatoms. The van der Waals surface area contributed by atoms with E-state index in [0.717, 1.165) is 39.7 Å². The van der Waals surface area contributed by atoms with Crippen molar-refractivity contribution in [3.63, 3.8) is 0 Å². The molecule has 1 N–H and O–H groups in total. The molecule has 4 nitrogen and oxygen atoms in total. The van der Waals surface area contributed by atoms with Crippen LogP contribution in [0.5, 0.6) is 5.75 Å². The van der Waals surface area contributed by atoms with Gasteiger partial charge >= 0.3 is 0 Å². The summed E-state index contributed by atoms with van der Waals surface area (Å²) in [6.45, 7) is 2.27. The Hall–Kier alpha value is -2.79. The number of benzene rings is 2. The molecule has 2 aromatic carbocycles. The van der Waals surface area contributed by atoms with Crippen molar-refractivity contribution in [3.05, 3.63) is 57.8 Å². The van der Waals surface area contributed by atoms with Crippen molar-refractivity contribution < 1.29 is 13.9 Å². The maximum absolute atomic E-state index is 12.9. The van der Waals surface area contributed by atoms with E-state index in [1.807, 2.05) is 36.4 Å². The number of anilines is 1. The summed E-state index contributed by atoms with van der Waals surface area (Å²) in [5.41, 5.74) is 3.51. The third kappa shape index (κ3) is 2.87. The van der Waals surface area contributed by atoms with E-state index in [2.05, 4.69) is 18.3 Å². The number of aryl methyl sites for hydroxylation is 1. The molecule has 0 fully saturated rings. The van der Waals surface area contributed by atoms with Gasteiger partial charge in [-0.3, -0.25) is 4.79 Å². The molecule has 2 heterocycles. The van der Waals surface area contributed by atoms with E-state index >= 15 is 0 Å². The summed E-state index contributed by atoms with van der Waals surface area (Å²) < 4.78 is 11.5. The van der Waals surface area contributed by atoms with E-state index in [0.29, 0.717) is 17.4 Å². The summed E-state index contributed by atoms with van der Waals surface area (Å²) in [6, 6.07) is 13.7. The van der Waals surface area contributed by atoms with Gasteiger partial charge in [0.1, 0.15) is 16.9 Å². The first-order valence-electron chi connectivity index (χ1n) is 9.54. The third-order valence-corrected chi connectivity index (χ3v) is 6.74. The van der Waals surface area contributed by atoms with Crippen LogP contribution in [0, 0.1) is 5.92 Å². The number of nitrogens with one attached hydrogen (secondary N) is 1. The molecule has 0 bridgehead atoms. The van der Waals surface area contributed by atoms with Gasteiger partial charge in [-0.1, -0.05) is 25.1 Å². The molecule has 0 radical (unpaired) electrons. The lowest BCUT2D eigenvalue weighted by atomic mass is 9.90. The molecule has 1 aliphatic carbocycles. The van der Waals surface area contributed by atoms with Gasteiger partial charge in [-0.25, -0.2) is 0 Å². The number of fused-ring (bicyclic) bond motifs is 4. The number of hydrogen-bond acceptors (Lipinski definition) is 4. The van der Waals surface area contributed by atoms with Crippen molar-refractivity contribution in [3.8, 4) is 5.75 Å². The van der Waals surface area contributed by atoms with Gasteiger partial charge in [0.2, 0.25) is 0 Å². The highest BCUT2D eigenvalue weighted by Gasteiger charge is 2.22. The monoisotopic (exact) mass is 391 g/mol. The van der Waals surface area contributed by atoms with Crippen LogP contribution in [0.4, 0.5) is 5.69 Å². The van der Waals surface area contributed by atoms with Gasteiger partial charge in [-0.2, -0.15) is 0 Å². The predicted molar refractivity (Wildman–Crippen MR) is 114 cm³/mol. The summed E-state index contributed by atoms with van der Waals surface area (Å²) in [5.74, 6) is 1.22. The molecule has 142 valence electrons. The van der Waals surface area contributed by atoms with Crippen molar-refractivity contribution in [2.24, 2.45) is 5.92 Å². The van der Waals surface area contributed by atoms with E-state index in [4.69, 9.17) is 9.15 Å². The van der Waals surface area contributed by atoms with Gasteiger partial charge in [0, 0.05) is 21.7 Å². The van der Waals surface area contributed by atoms with E-state index in [1.165, 1.54) is 16.9 Å². The fraction of sp³-hybridized carbons (Fsp3) is 0.261. The predicted octanol–water partition coefficient (Wildman–Crippen LogP) is 6.03. The molecule has 1 aliphatic rings. The molecule has 0 aliphatic heterocycles. The number of carbonyl (C=O) groups is 1. The van der Waals surface area contributed by atoms with Crippen LogP contribution in [-0.4, -0.2) is 13.0 Å². The van der Waals surface area contributed by atoms with Gasteiger partial charge < -0.3 is 14.5 Å². The first kappa shape index (κ1) is 17.3. The molecule has 0 unspecified atom stereocenters. The van der Waals surface area contributed by atoms with Crippen LogP contribution in [0.25, 0.3) is 21.9 Å². The minimum Gasteiger partial charge on any atom is -0.495 e. The largest absolute Gasteiger partial charge is 0.495 e. The summed E-state index contributed by atoms with van der Waals surface area (Å²) >= 11 is 1.61. The number of thiophene rings is 1. The van der Waals surface area contributed by atoms with Crippen molar-refractivity contribution >= 4 is 44.9 Å². The summed E-state index contributed by atoms with van der Waals surface area (Å²) in [7, 11) is 1.62. The van der Waals surface area contributed by atoms with Gasteiger partial charge in [0.15, 0.2) is 0 Å². The maximum atomic E-state index is 12.9. The van der Waals surface area contributed by atoms with Crippen LogP contribution in [0.15, 0.2) is 46.9 Å². The highest BCUT2D eigenvalue weighted by atomic mass is 32.1. The zero-order chi connectivity index (χ0) is 19.3. The minimum absolute atomic E-state index is 0.0965. The molecule has 1 atom stereocenters. The van der Waals surface area contributed by atoms with Crippen LogP contribution in [-0.2, 0) is 12.8 Å². The van der Waals surface area contributed by atoms with E-state index < -0.39 is 0 Å². The number of para-hydroxylation sites is 1. The molecular weight excluding hydrogens is 370 g/mol.